The van der Waals surface area contributed by atoms with E-state index in [9.17, 15) is 28.4 Å². The fourth-order valence-corrected chi connectivity index (χ4v) is 5.77. The molecule has 0 saturated carbocycles. The lowest BCUT2D eigenvalue weighted by Crippen LogP contribution is -2.16. The van der Waals surface area contributed by atoms with E-state index in [0.717, 1.165) is 11.3 Å². The Morgan fingerprint density at radius 2 is 2.00 bits per heavy atom. The van der Waals surface area contributed by atoms with Crippen molar-refractivity contribution in [3.05, 3.63) is 78.4 Å². The summed E-state index contributed by atoms with van der Waals surface area (Å²) < 4.78 is 33.6. The highest BCUT2D eigenvalue weighted by molar-refractivity contribution is 9.10. The number of sulfonamides is 1. The molecule has 0 aliphatic heterocycles. The quantitative estimate of drug-likeness (QED) is 0.325. The van der Waals surface area contributed by atoms with E-state index >= 15 is 0 Å². The fraction of sp³-hybridized carbons (Fsp3) is 0.105. The molecule has 0 amide bonds. The molecule has 1 aromatic heterocycles. The van der Waals surface area contributed by atoms with E-state index < -0.39 is 20.9 Å². The SMILES string of the molecule is COc1ccc(NS(=O)(=O)c2ccsc2C(=O)O)c(Cc2cccc([N+](=O)[O-])c2Br)c1. The number of benzene rings is 2. The Morgan fingerprint density at radius 3 is 2.65 bits per heavy atom. The lowest BCUT2D eigenvalue weighted by Gasteiger charge is -2.15. The van der Waals surface area contributed by atoms with Crippen LogP contribution in [0, 0.1) is 10.1 Å². The van der Waals surface area contributed by atoms with Crippen LogP contribution in [0.1, 0.15) is 20.8 Å². The molecule has 3 aromatic rings. The highest BCUT2D eigenvalue weighted by atomic mass is 79.9. The van der Waals surface area contributed by atoms with Crippen LogP contribution in [-0.2, 0) is 16.4 Å². The Balaban J connectivity index is 2.04. The summed E-state index contributed by atoms with van der Waals surface area (Å²) in [5, 5.41) is 21.8. The van der Waals surface area contributed by atoms with Gasteiger partial charge in [-0.3, -0.25) is 14.8 Å². The molecule has 0 spiro atoms. The highest BCUT2D eigenvalue weighted by Crippen LogP contribution is 2.33. The summed E-state index contributed by atoms with van der Waals surface area (Å²) >= 11 is 4.05. The molecular weight excluding hydrogens is 512 g/mol. The van der Waals surface area contributed by atoms with Crippen molar-refractivity contribution in [2.75, 3.05) is 11.8 Å². The number of carboxylic acids is 1. The first-order valence-corrected chi connectivity index (χ1v) is 11.7. The third-order valence-electron chi connectivity index (χ3n) is 4.31. The molecule has 0 aliphatic carbocycles. The summed E-state index contributed by atoms with van der Waals surface area (Å²) in [4.78, 5) is 21.4. The van der Waals surface area contributed by atoms with Crippen LogP contribution in [0.25, 0.3) is 0 Å². The molecule has 0 radical (unpaired) electrons. The Morgan fingerprint density at radius 1 is 1.26 bits per heavy atom. The molecule has 2 N–H and O–H groups in total. The second kappa shape index (κ2) is 9.04. The zero-order valence-corrected chi connectivity index (χ0v) is 19.1. The van der Waals surface area contributed by atoms with Gasteiger partial charge in [-0.05, 0) is 56.7 Å². The van der Waals surface area contributed by atoms with Crippen molar-refractivity contribution < 1.29 is 28.0 Å². The number of thiophene rings is 1. The number of halogens is 1. The maximum Gasteiger partial charge on any atom is 0.347 e. The van der Waals surface area contributed by atoms with Crippen molar-refractivity contribution in [2.45, 2.75) is 11.3 Å². The van der Waals surface area contributed by atoms with Gasteiger partial charge in [-0.1, -0.05) is 12.1 Å². The molecule has 0 bridgehead atoms. The molecule has 0 saturated heterocycles. The number of methoxy groups -OCH3 is 1. The molecule has 31 heavy (non-hydrogen) atoms. The summed E-state index contributed by atoms with van der Waals surface area (Å²) in [6.45, 7) is 0. The van der Waals surface area contributed by atoms with Gasteiger partial charge in [0.2, 0.25) is 0 Å². The summed E-state index contributed by atoms with van der Waals surface area (Å²) in [5.74, 6) is -0.882. The summed E-state index contributed by atoms with van der Waals surface area (Å²) in [6.07, 6.45) is 0.146. The Kier molecular flexibility index (Phi) is 6.62. The number of ether oxygens (including phenoxy) is 1. The number of nitro benzene ring substituents is 1. The van der Waals surface area contributed by atoms with Crippen LogP contribution in [0.2, 0.25) is 0 Å². The molecule has 3 rings (SSSR count). The van der Waals surface area contributed by atoms with Crippen molar-refractivity contribution >= 4 is 54.6 Å². The van der Waals surface area contributed by atoms with E-state index in [1.807, 2.05) is 0 Å². The summed E-state index contributed by atoms with van der Waals surface area (Å²) in [5.41, 5.74) is 1.12. The zero-order chi connectivity index (χ0) is 22.8. The largest absolute Gasteiger partial charge is 0.497 e. The second-order valence-electron chi connectivity index (χ2n) is 6.23. The van der Waals surface area contributed by atoms with Crippen molar-refractivity contribution in [3.63, 3.8) is 0 Å². The number of carbonyl (C=O) groups is 1. The lowest BCUT2D eigenvalue weighted by atomic mass is 10.0. The van der Waals surface area contributed by atoms with Gasteiger partial charge in [-0.25, -0.2) is 13.2 Å². The third-order valence-corrected chi connectivity index (χ3v) is 7.66. The number of aromatic carboxylic acids is 1. The maximum atomic E-state index is 12.9. The van der Waals surface area contributed by atoms with Gasteiger partial charge in [0.05, 0.1) is 22.2 Å². The number of nitro groups is 1. The Bertz CT molecular complexity index is 1270. The molecule has 162 valence electrons. The highest BCUT2D eigenvalue weighted by Gasteiger charge is 2.25. The predicted molar refractivity (Wildman–Crippen MR) is 119 cm³/mol. The number of rotatable bonds is 8. The van der Waals surface area contributed by atoms with Crippen molar-refractivity contribution in [1.29, 1.82) is 0 Å². The van der Waals surface area contributed by atoms with E-state index in [-0.39, 0.29) is 32.0 Å². The number of hydrogen-bond donors (Lipinski definition) is 2. The first kappa shape index (κ1) is 22.7. The fourth-order valence-electron chi connectivity index (χ4n) is 2.86. The van der Waals surface area contributed by atoms with Gasteiger partial charge >= 0.3 is 5.97 Å². The van der Waals surface area contributed by atoms with Crippen molar-refractivity contribution in [1.82, 2.24) is 0 Å². The molecule has 9 nitrogen and oxygen atoms in total. The van der Waals surface area contributed by atoms with Crippen LogP contribution in [0.5, 0.6) is 5.75 Å². The van der Waals surface area contributed by atoms with Gasteiger partial charge in [0, 0.05) is 12.5 Å². The normalized spacial score (nSPS) is 11.2. The molecule has 0 atom stereocenters. The van der Waals surface area contributed by atoms with E-state index in [4.69, 9.17) is 4.74 Å². The van der Waals surface area contributed by atoms with E-state index in [2.05, 4.69) is 20.7 Å². The molecule has 1 heterocycles. The van der Waals surface area contributed by atoms with Crippen molar-refractivity contribution in [3.8, 4) is 5.75 Å². The van der Waals surface area contributed by atoms with Gasteiger partial charge in [0.15, 0.2) is 0 Å². The standard InChI is InChI=1S/C19H15BrN2O7S2/c1-29-13-5-6-14(21-31(27,28)16-7-8-30-18(16)19(23)24)12(10-13)9-11-3-2-4-15(17(11)20)22(25)26/h2-8,10,21H,9H2,1H3,(H,23,24). The number of nitrogens with zero attached hydrogens (tertiary/aromatic N) is 1. The lowest BCUT2D eigenvalue weighted by molar-refractivity contribution is -0.385. The average molecular weight is 527 g/mol. The number of hydrogen-bond acceptors (Lipinski definition) is 7. The minimum Gasteiger partial charge on any atom is -0.497 e. The van der Waals surface area contributed by atoms with Gasteiger partial charge in [0.25, 0.3) is 15.7 Å². The average Bonchev–Trinajstić information content (AvgIpc) is 3.22. The zero-order valence-electron chi connectivity index (χ0n) is 15.9. The molecule has 0 fully saturated rings. The summed E-state index contributed by atoms with van der Waals surface area (Å²) in [7, 11) is -2.74. The van der Waals surface area contributed by atoms with Gasteiger partial charge < -0.3 is 9.84 Å². The Hall–Kier alpha value is -2.96. The monoisotopic (exact) mass is 526 g/mol. The van der Waals surface area contributed by atoms with Gasteiger partial charge in [-0.15, -0.1) is 11.3 Å². The van der Waals surface area contributed by atoms with Crippen LogP contribution in [-0.4, -0.2) is 31.5 Å². The van der Waals surface area contributed by atoms with E-state index in [0.29, 0.717) is 16.9 Å². The maximum absolute atomic E-state index is 12.9. The van der Waals surface area contributed by atoms with Gasteiger partial charge in [0.1, 0.15) is 15.5 Å². The molecule has 12 heteroatoms. The smallest absolute Gasteiger partial charge is 0.347 e. The van der Waals surface area contributed by atoms with Crippen LogP contribution in [0.4, 0.5) is 11.4 Å². The number of carboxylic acid groups (broad SMARTS) is 1. The van der Waals surface area contributed by atoms with Crippen LogP contribution in [0.3, 0.4) is 0 Å². The second-order valence-corrected chi connectivity index (χ2v) is 9.59. The minimum absolute atomic E-state index is 0.119. The van der Waals surface area contributed by atoms with Crippen LogP contribution >= 0.6 is 27.3 Å². The number of nitrogens with one attached hydrogen (secondary N) is 1. The van der Waals surface area contributed by atoms with E-state index in [1.165, 1.54) is 36.8 Å². The minimum atomic E-state index is -4.19. The van der Waals surface area contributed by atoms with Crippen LogP contribution < -0.4 is 9.46 Å². The topological polar surface area (TPSA) is 136 Å². The first-order chi connectivity index (χ1) is 14.6. The first-order valence-electron chi connectivity index (χ1n) is 8.56. The van der Waals surface area contributed by atoms with E-state index in [1.54, 1.807) is 18.2 Å². The molecule has 0 aliphatic rings. The molecule has 2 aromatic carbocycles. The predicted octanol–water partition coefficient (Wildman–Crippen LogP) is 4.52. The summed E-state index contributed by atoms with van der Waals surface area (Å²) in [6, 6.07) is 10.4. The Labute approximate surface area is 189 Å². The third kappa shape index (κ3) is 4.86. The number of anilines is 1. The van der Waals surface area contributed by atoms with Crippen molar-refractivity contribution in [2.24, 2.45) is 0 Å². The van der Waals surface area contributed by atoms with Gasteiger partial charge in [-0.2, -0.15) is 0 Å². The van der Waals surface area contributed by atoms with Crippen LogP contribution in [0.15, 0.2) is 57.2 Å². The molecule has 0 unspecified atom stereocenters. The molecular formula is C19H15BrN2O7S2.